The summed E-state index contributed by atoms with van der Waals surface area (Å²) >= 11 is 1.51. The van der Waals surface area contributed by atoms with Crippen molar-refractivity contribution in [3.8, 4) is 0 Å². The highest BCUT2D eigenvalue weighted by atomic mass is 32.2. The molecule has 1 aliphatic heterocycles. The number of benzene rings is 2. The van der Waals surface area contributed by atoms with Gasteiger partial charge in [-0.3, -0.25) is 15.0 Å². The SMILES string of the molecule is Cc1ccc(C(=O)NN2C(=O)CSC2c2c[nH]c3ccccc23)cc1. The first-order valence-corrected chi connectivity index (χ1v) is 9.06. The summed E-state index contributed by atoms with van der Waals surface area (Å²) in [6.07, 6.45) is 1.91. The van der Waals surface area contributed by atoms with Crippen LogP contribution in [0.1, 0.15) is 26.9 Å². The average molecular weight is 351 g/mol. The first-order chi connectivity index (χ1) is 12.1. The lowest BCUT2D eigenvalue weighted by Gasteiger charge is -2.24. The smallest absolute Gasteiger partial charge is 0.269 e. The van der Waals surface area contributed by atoms with Gasteiger partial charge >= 0.3 is 0 Å². The van der Waals surface area contributed by atoms with E-state index in [0.29, 0.717) is 11.3 Å². The Labute approximate surface area is 149 Å². The maximum atomic E-state index is 12.5. The van der Waals surface area contributed by atoms with Crippen LogP contribution in [-0.4, -0.2) is 27.6 Å². The van der Waals surface area contributed by atoms with Gasteiger partial charge in [-0.2, -0.15) is 0 Å². The number of aromatic nitrogens is 1. The molecule has 1 aliphatic rings. The van der Waals surface area contributed by atoms with Gasteiger partial charge in [-0.05, 0) is 25.1 Å². The highest BCUT2D eigenvalue weighted by Gasteiger charge is 2.35. The van der Waals surface area contributed by atoms with E-state index in [9.17, 15) is 9.59 Å². The second-order valence-electron chi connectivity index (χ2n) is 6.02. The zero-order valence-electron chi connectivity index (χ0n) is 13.7. The van der Waals surface area contributed by atoms with Gasteiger partial charge in [-0.25, -0.2) is 5.01 Å². The monoisotopic (exact) mass is 351 g/mol. The van der Waals surface area contributed by atoms with Crippen LogP contribution in [0.4, 0.5) is 0 Å². The molecule has 1 atom stereocenters. The number of aryl methyl sites for hydroxylation is 1. The molecule has 0 spiro atoms. The molecule has 126 valence electrons. The molecule has 0 bridgehead atoms. The third kappa shape index (κ3) is 2.89. The lowest BCUT2D eigenvalue weighted by Crippen LogP contribution is -2.44. The number of nitrogens with one attached hydrogen (secondary N) is 2. The number of H-pyrrole nitrogens is 1. The van der Waals surface area contributed by atoms with Crippen molar-refractivity contribution in [2.24, 2.45) is 0 Å². The topological polar surface area (TPSA) is 65.2 Å². The fourth-order valence-electron chi connectivity index (χ4n) is 2.95. The molecule has 0 aliphatic carbocycles. The van der Waals surface area contributed by atoms with Crippen LogP contribution in [-0.2, 0) is 4.79 Å². The highest BCUT2D eigenvalue weighted by Crippen LogP contribution is 2.40. The minimum Gasteiger partial charge on any atom is -0.361 e. The second kappa shape index (κ2) is 6.29. The minimum absolute atomic E-state index is 0.0965. The molecule has 2 N–H and O–H groups in total. The Kier molecular flexibility index (Phi) is 3.97. The van der Waals surface area contributed by atoms with E-state index in [4.69, 9.17) is 0 Å². The van der Waals surface area contributed by atoms with Crippen LogP contribution in [0, 0.1) is 6.92 Å². The van der Waals surface area contributed by atoms with E-state index >= 15 is 0 Å². The number of carbonyl (C=O) groups is 2. The Hall–Kier alpha value is -2.73. The maximum absolute atomic E-state index is 12.5. The molecular formula is C19H17N3O2S. The van der Waals surface area contributed by atoms with E-state index < -0.39 is 0 Å². The summed E-state index contributed by atoms with van der Waals surface area (Å²) < 4.78 is 0. The van der Waals surface area contributed by atoms with Crippen molar-refractivity contribution in [1.82, 2.24) is 15.4 Å². The highest BCUT2D eigenvalue weighted by molar-refractivity contribution is 8.00. The molecule has 5 nitrogen and oxygen atoms in total. The zero-order valence-corrected chi connectivity index (χ0v) is 14.5. The first-order valence-electron chi connectivity index (χ1n) is 8.01. The van der Waals surface area contributed by atoms with E-state index in [-0.39, 0.29) is 17.2 Å². The molecule has 2 aromatic carbocycles. The third-order valence-corrected chi connectivity index (χ3v) is 5.49. The molecule has 1 fully saturated rings. The molecule has 0 saturated carbocycles. The van der Waals surface area contributed by atoms with E-state index in [0.717, 1.165) is 22.0 Å². The minimum atomic E-state index is -0.277. The van der Waals surface area contributed by atoms with E-state index in [1.54, 1.807) is 12.1 Å². The molecule has 3 aromatic rings. The van der Waals surface area contributed by atoms with Crippen LogP contribution in [0.25, 0.3) is 10.9 Å². The van der Waals surface area contributed by atoms with Crippen LogP contribution in [0.2, 0.25) is 0 Å². The summed E-state index contributed by atoms with van der Waals surface area (Å²) in [5, 5.41) is 2.27. The van der Waals surface area contributed by atoms with Gasteiger partial charge in [0, 0.05) is 28.2 Å². The number of para-hydroxylation sites is 1. The molecule has 6 heteroatoms. The van der Waals surface area contributed by atoms with Crippen molar-refractivity contribution in [2.45, 2.75) is 12.3 Å². The lowest BCUT2D eigenvalue weighted by molar-refractivity contribution is -0.130. The van der Waals surface area contributed by atoms with Crippen molar-refractivity contribution in [2.75, 3.05) is 5.75 Å². The summed E-state index contributed by atoms with van der Waals surface area (Å²) in [6.45, 7) is 1.97. The second-order valence-corrected chi connectivity index (χ2v) is 7.09. The zero-order chi connectivity index (χ0) is 17.4. The fourth-order valence-corrected chi connectivity index (χ4v) is 4.09. The molecule has 2 amide bonds. The summed E-state index contributed by atoms with van der Waals surface area (Å²) in [4.78, 5) is 28.1. The van der Waals surface area contributed by atoms with Gasteiger partial charge in [0.15, 0.2) is 0 Å². The van der Waals surface area contributed by atoms with E-state index in [1.165, 1.54) is 16.8 Å². The molecular weight excluding hydrogens is 334 g/mol. The van der Waals surface area contributed by atoms with Crippen molar-refractivity contribution >= 4 is 34.5 Å². The van der Waals surface area contributed by atoms with Gasteiger partial charge in [0.1, 0.15) is 5.37 Å². The predicted octanol–water partition coefficient (Wildman–Crippen LogP) is 3.40. The van der Waals surface area contributed by atoms with Crippen molar-refractivity contribution in [3.05, 3.63) is 71.4 Å². The van der Waals surface area contributed by atoms with Gasteiger partial charge in [0.2, 0.25) is 0 Å². The van der Waals surface area contributed by atoms with Gasteiger partial charge in [0.05, 0.1) is 5.75 Å². The first kappa shape index (κ1) is 15.8. The van der Waals surface area contributed by atoms with Gasteiger partial charge in [-0.15, -0.1) is 11.8 Å². The van der Waals surface area contributed by atoms with Gasteiger partial charge in [0.25, 0.3) is 11.8 Å². The Morgan fingerprint density at radius 1 is 1.20 bits per heavy atom. The average Bonchev–Trinajstić information content (AvgIpc) is 3.19. The van der Waals surface area contributed by atoms with Crippen LogP contribution in [0.15, 0.2) is 54.7 Å². The summed E-state index contributed by atoms with van der Waals surface area (Å²) in [6, 6.07) is 15.2. The molecule has 1 saturated heterocycles. The number of hydrogen-bond donors (Lipinski definition) is 2. The predicted molar refractivity (Wildman–Crippen MR) is 99.0 cm³/mol. The summed E-state index contributed by atoms with van der Waals surface area (Å²) in [5.41, 5.74) is 6.41. The normalized spacial score (nSPS) is 17.2. The molecule has 0 radical (unpaired) electrons. The van der Waals surface area contributed by atoms with Crippen LogP contribution in [0.5, 0.6) is 0 Å². The molecule has 1 unspecified atom stereocenters. The summed E-state index contributed by atoms with van der Waals surface area (Å²) in [7, 11) is 0. The van der Waals surface area contributed by atoms with E-state index in [1.807, 2.05) is 49.5 Å². The number of carbonyl (C=O) groups excluding carboxylic acids is 2. The number of hydrogen-bond acceptors (Lipinski definition) is 3. The quantitative estimate of drug-likeness (QED) is 0.760. The molecule has 4 rings (SSSR count). The Morgan fingerprint density at radius 2 is 1.96 bits per heavy atom. The van der Waals surface area contributed by atoms with Crippen molar-refractivity contribution in [3.63, 3.8) is 0 Å². The van der Waals surface area contributed by atoms with Crippen LogP contribution < -0.4 is 5.43 Å². The maximum Gasteiger partial charge on any atom is 0.269 e. The fraction of sp³-hybridized carbons (Fsp3) is 0.158. The number of rotatable bonds is 3. The number of nitrogens with zero attached hydrogens (tertiary/aromatic N) is 1. The Balaban J connectivity index is 1.62. The van der Waals surface area contributed by atoms with Gasteiger partial charge < -0.3 is 4.98 Å². The third-order valence-electron chi connectivity index (χ3n) is 4.29. The number of hydrazine groups is 1. The van der Waals surface area contributed by atoms with Crippen molar-refractivity contribution in [1.29, 1.82) is 0 Å². The van der Waals surface area contributed by atoms with Gasteiger partial charge in [-0.1, -0.05) is 35.9 Å². The van der Waals surface area contributed by atoms with Crippen LogP contribution >= 0.6 is 11.8 Å². The lowest BCUT2D eigenvalue weighted by atomic mass is 10.1. The Bertz CT molecular complexity index is 949. The molecule has 1 aromatic heterocycles. The largest absolute Gasteiger partial charge is 0.361 e. The number of aromatic amines is 1. The Morgan fingerprint density at radius 3 is 2.76 bits per heavy atom. The molecule has 2 heterocycles. The van der Waals surface area contributed by atoms with Crippen molar-refractivity contribution < 1.29 is 9.59 Å². The summed E-state index contributed by atoms with van der Waals surface area (Å²) in [5.74, 6) is -0.0281. The number of fused-ring (bicyclic) bond motifs is 1. The van der Waals surface area contributed by atoms with E-state index in [2.05, 4.69) is 10.4 Å². The standard InChI is InChI=1S/C19H17N3O2S/c1-12-6-8-13(9-7-12)18(24)21-22-17(23)11-25-19(22)15-10-20-16-5-3-2-4-14(15)16/h2-10,19-20H,11H2,1H3,(H,21,24). The molecule has 25 heavy (non-hydrogen) atoms. The number of thioether (sulfide) groups is 1. The number of amides is 2. The van der Waals surface area contributed by atoms with Crippen LogP contribution in [0.3, 0.4) is 0 Å².